The van der Waals surface area contributed by atoms with Gasteiger partial charge < -0.3 is 15.2 Å². The van der Waals surface area contributed by atoms with E-state index in [2.05, 4.69) is 59.4 Å². The molecule has 0 radical (unpaired) electrons. The fourth-order valence-corrected chi connectivity index (χ4v) is 4.47. The van der Waals surface area contributed by atoms with Gasteiger partial charge in [0.2, 0.25) is 0 Å². The van der Waals surface area contributed by atoms with E-state index in [1.54, 1.807) is 0 Å². The summed E-state index contributed by atoms with van der Waals surface area (Å²) in [6, 6.07) is 2.59. The summed E-state index contributed by atoms with van der Waals surface area (Å²) in [6.45, 7) is 7.24. The first-order valence-electron chi connectivity index (χ1n) is 9.24. The zero-order chi connectivity index (χ0) is 17.4. The number of rotatable bonds is 8. The van der Waals surface area contributed by atoms with Gasteiger partial charge in [0.15, 0.2) is 11.7 Å². The molecule has 7 heteroatoms. The Morgan fingerprint density at radius 2 is 2.12 bits per heavy atom. The number of guanidine groups is 1. The Labute approximate surface area is 173 Å². The average molecular weight is 480 g/mol. The Balaban J connectivity index is 0.00000312. The highest BCUT2D eigenvalue weighted by molar-refractivity contribution is 14.0. The van der Waals surface area contributed by atoms with Crippen molar-refractivity contribution in [2.45, 2.75) is 76.6 Å². The highest BCUT2D eigenvalue weighted by Gasteiger charge is 2.25. The van der Waals surface area contributed by atoms with E-state index in [0.717, 1.165) is 35.5 Å². The molecule has 1 fully saturated rings. The Bertz CT molecular complexity index is 519. The molecule has 1 aromatic heterocycles. The predicted molar refractivity (Wildman–Crippen MR) is 118 cm³/mol. The van der Waals surface area contributed by atoms with Crippen LogP contribution in [-0.4, -0.2) is 35.2 Å². The molecular formula is C18H33IN4OS. The van der Waals surface area contributed by atoms with Crippen LogP contribution in [0, 0.1) is 0 Å². The van der Waals surface area contributed by atoms with Gasteiger partial charge in [-0.05, 0) is 37.9 Å². The molecule has 2 N–H and O–H groups in total. The number of aliphatic imine (C=N–C) groups is 1. The van der Waals surface area contributed by atoms with Gasteiger partial charge >= 0.3 is 0 Å². The van der Waals surface area contributed by atoms with Gasteiger partial charge in [-0.3, -0.25) is 4.99 Å². The van der Waals surface area contributed by atoms with E-state index in [1.165, 1.54) is 25.0 Å². The van der Waals surface area contributed by atoms with Gasteiger partial charge in [-0.15, -0.1) is 24.0 Å². The molecule has 1 aliphatic carbocycles. The number of nitrogens with one attached hydrogen (secondary N) is 2. The second-order valence-corrected chi connectivity index (χ2v) is 7.97. The van der Waals surface area contributed by atoms with Crippen LogP contribution in [-0.2, 0) is 6.54 Å². The van der Waals surface area contributed by atoms with E-state index in [1.807, 2.05) is 7.05 Å². The van der Waals surface area contributed by atoms with Gasteiger partial charge in [0.1, 0.15) is 0 Å². The van der Waals surface area contributed by atoms with Crippen molar-refractivity contribution < 1.29 is 4.52 Å². The molecule has 1 aromatic rings. The molecule has 2 atom stereocenters. The lowest BCUT2D eigenvalue weighted by Gasteiger charge is -2.16. The molecule has 0 saturated heterocycles. The lowest BCUT2D eigenvalue weighted by Crippen LogP contribution is -2.42. The fourth-order valence-electron chi connectivity index (χ4n) is 3.33. The van der Waals surface area contributed by atoms with Crippen LogP contribution >= 0.6 is 35.7 Å². The van der Waals surface area contributed by atoms with Crippen molar-refractivity contribution in [3.05, 3.63) is 17.5 Å². The molecule has 0 bridgehead atoms. The fraction of sp³-hybridized carbons (Fsp3) is 0.778. The van der Waals surface area contributed by atoms with Crippen LogP contribution in [0.5, 0.6) is 0 Å². The lowest BCUT2D eigenvalue weighted by atomic mass is 9.99. The maximum absolute atomic E-state index is 5.46. The van der Waals surface area contributed by atoms with Gasteiger partial charge in [-0.1, -0.05) is 25.9 Å². The molecule has 5 nitrogen and oxygen atoms in total. The minimum Gasteiger partial charge on any atom is -0.359 e. The highest BCUT2D eigenvalue weighted by atomic mass is 127. The minimum absolute atomic E-state index is 0. The molecule has 0 aliphatic heterocycles. The third-order valence-electron chi connectivity index (χ3n) is 4.76. The second-order valence-electron chi connectivity index (χ2n) is 6.39. The minimum atomic E-state index is 0. The first kappa shape index (κ1) is 22.6. The Morgan fingerprint density at radius 1 is 1.36 bits per heavy atom. The van der Waals surface area contributed by atoms with Crippen LogP contribution in [0.25, 0.3) is 0 Å². The molecule has 1 aliphatic rings. The van der Waals surface area contributed by atoms with Crippen LogP contribution in [0.1, 0.15) is 70.2 Å². The zero-order valence-electron chi connectivity index (χ0n) is 15.9. The van der Waals surface area contributed by atoms with Crippen molar-refractivity contribution >= 4 is 41.7 Å². The van der Waals surface area contributed by atoms with Crippen molar-refractivity contribution in [2.24, 2.45) is 4.99 Å². The molecule has 0 spiro atoms. The summed E-state index contributed by atoms with van der Waals surface area (Å²) < 4.78 is 5.46. The molecule has 144 valence electrons. The normalized spacial score (nSPS) is 20.6. The Kier molecular flexibility index (Phi) is 10.9. The summed E-state index contributed by atoms with van der Waals surface area (Å²) in [5.74, 6) is 3.41. The summed E-state index contributed by atoms with van der Waals surface area (Å²) in [6.07, 6.45) is 5.93. The number of hydrogen-bond donors (Lipinski definition) is 2. The summed E-state index contributed by atoms with van der Waals surface area (Å²) in [5, 5.41) is 11.9. The molecular weight excluding hydrogens is 447 g/mol. The maximum Gasteiger partial charge on any atom is 0.191 e. The van der Waals surface area contributed by atoms with E-state index in [4.69, 9.17) is 4.52 Å². The summed E-state index contributed by atoms with van der Waals surface area (Å²) >= 11 is 2.07. The van der Waals surface area contributed by atoms with E-state index >= 15 is 0 Å². The molecule has 0 amide bonds. The Hall–Kier alpha value is -0.440. The monoisotopic (exact) mass is 480 g/mol. The van der Waals surface area contributed by atoms with Crippen LogP contribution in [0.3, 0.4) is 0 Å². The van der Waals surface area contributed by atoms with Crippen LogP contribution < -0.4 is 10.6 Å². The van der Waals surface area contributed by atoms with Gasteiger partial charge in [-0.2, -0.15) is 11.8 Å². The lowest BCUT2D eigenvalue weighted by molar-refractivity contribution is 0.368. The van der Waals surface area contributed by atoms with E-state index in [9.17, 15) is 0 Å². The average Bonchev–Trinajstić information content (AvgIpc) is 3.23. The first-order chi connectivity index (χ1) is 11.7. The summed E-state index contributed by atoms with van der Waals surface area (Å²) in [5.41, 5.74) is 1.06. The summed E-state index contributed by atoms with van der Waals surface area (Å²) in [4.78, 5) is 4.34. The SMILES string of the molecule is CCSC1CCC(NC(=NC)NCc2cc(C(CC)CC)no2)C1.I. The standard InChI is InChI=1S/C18H32N4OS.HI/c1-5-13(6-2)17-11-15(23-22-17)12-20-18(19-4)21-14-8-9-16(10-14)24-7-3;/h11,13-14,16H,5-10,12H2,1-4H3,(H2,19,20,21);1H. The number of nitrogens with zero attached hydrogens (tertiary/aromatic N) is 2. The van der Waals surface area contributed by atoms with Gasteiger partial charge in [0.05, 0.1) is 12.2 Å². The smallest absolute Gasteiger partial charge is 0.191 e. The number of halogens is 1. The van der Waals surface area contributed by atoms with Crippen molar-refractivity contribution in [2.75, 3.05) is 12.8 Å². The topological polar surface area (TPSA) is 62.5 Å². The highest BCUT2D eigenvalue weighted by Crippen LogP contribution is 2.29. The van der Waals surface area contributed by atoms with E-state index in [0.29, 0.717) is 18.5 Å². The van der Waals surface area contributed by atoms with E-state index < -0.39 is 0 Å². The number of hydrogen-bond acceptors (Lipinski definition) is 4. The number of thioether (sulfide) groups is 1. The third-order valence-corrected chi connectivity index (χ3v) is 6.00. The van der Waals surface area contributed by atoms with Crippen LogP contribution in [0.2, 0.25) is 0 Å². The molecule has 25 heavy (non-hydrogen) atoms. The molecule has 0 aromatic carbocycles. The van der Waals surface area contributed by atoms with Crippen LogP contribution in [0.15, 0.2) is 15.6 Å². The van der Waals surface area contributed by atoms with Gasteiger partial charge in [0, 0.05) is 30.3 Å². The van der Waals surface area contributed by atoms with Crippen molar-refractivity contribution in [1.29, 1.82) is 0 Å². The summed E-state index contributed by atoms with van der Waals surface area (Å²) in [7, 11) is 1.82. The van der Waals surface area contributed by atoms with Crippen molar-refractivity contribution in [3.8, 4) is 0 Å². The molecule has 2 unspecified atom stereocenters. The molecule has 1 saturated carbocycles. The largest absolute Gasteiger partial charge is 0.359 e. The predicted octanol–water partition coefficient (Wildman–Crippen LogP) is 4.54. The zero-order valence-corrected chi connectivity index (χ0v) is 19.0. The quantitative estimate of drug-likeness (QED) is 0.325. The molecule has 2 rings (SSSR count). The second kappa shape index (κ2) is 12.0. The van der Waals surface area contributed by atoms with Crippen molar-refractivity contribution in [1.82, 2.24) is 15.8 Å². The first-order valence-corrected chi connectivity index (χ1v) is 10.3. The van der Waals surface area contributed by atoms with Gasteiger partial charge in [0.25, 0.3) is 0 Å². The third kappa shape index (κ3) is 7.00. The Morgan fingerprint density at radius 3 is 2.76 bits per heavy atom. The van der Waals surface area contributed by atoms with E-state index in [-0.39, 0.29) is 24.0 Å². The molecule has 1 heterocycles. The number of aromatic nitrogens is 1. The maximum atomic E-state index is 5.46. The van der Waals surface area contributed by atoms with Gasteiger partial charge in [-0.25, -0.2) is 0 Å². The van der Waals surface area contributed by atoms with Crippen LogP contribution in [0.4, 0.5) is 0 Å². The van der Waals surface area contributed by atoms with Crippen molar-refractivity contribution in [3.63, 3.8) is 0 Å².